The van der Waals surface area contributed by atoms with Gasteiger partial charge in [-0.15, -0.1) is 0 Å². The van der Waals surface area contributed by atoms with E-state index in [1.165, 1.54) is 0 Å². The van der Waals surface area contributed by atoms with Crippen LogP contribution in [0.15, 0.2) is 6.20 Å². The van der Waals surface area contributed by atoms with Crippen molar-refractivity contribution in [2.24, 2.45) is 7.05 Å². The summed E-state index contributed by atoms with van der Waals surface area (Å²) in [6.07, 6.45) is 1.79. The second kappa shape index (κ2) is 3.39. The highest BCUT2D eigenvalue weighted by Crippen LogP contribution is 2.02. The van der Waals surface area contributed by atoms with Gasteiger partial charge in [0.2, 0.25) is 0 Å². The van der Waals surface area contributed by atoms with Crippen LogP contribution in [0.4, 0.5) is 5.95 Å². The normalized spacial score (nSPS) is 10.4. The molecule has 4 heteroatoms. The van der Waals surface area contributed by atoms with Crippen molar-refractivity contribution < 1.29 is 0 Å². The van der Waals surface area contributed by atoms with Gasteiger partial charge < -0.3 is 15.6 Å². The van der Waals surface area contributed by atoms with E-state index in [1.807, 2.05) is 11.6 Å². The smallest absolute Gasteiger partial charge is 0.200 e. The van der Waals surface area contributed by atoms with Crippen LogP contribution in [0.5, 0.6) is 0 Å². The highest BCUT2D eigenvalue weighted by Gasteiger charge is 2.00. The van der Waals surface area contributed by atoms with Crippen LogP contribution in [-0.2, 0) is 13.6 Å². The van der Waals surface area contributed by atoms with Crippen molar-refractivity contribution in [1.82, 2.24) is 14.9 Å². The van der Waals surface area contributed by atoms with Gasteiger partial charge in [0, 0.05) is 13.6 Å². The van der Waals surface area contributed by atoms with E-state index in [9.17, 15) is 0 Å². The first-order valence-electron chi connectivity index (χ1n) is 3.72. The number of hydrogen-bond donors (Lipinski definition) is 2. The molecule has 0 aromatic carbocycles. The lowest BCUT2D eigenvalue weighted by atomic mass is 10.4. The summed E-state index contributed by atoms with van der Waals surface area (Å²) in [7, 11) is 1.91. The minimum Gasteiger partial charge on any atom is -0.369 e. The zero-order chi connectivity index (χ0) is 8.27. The van der Waals surface area contributed by atoms with Crippen molar-refractivity contribution in [3.63, 3.8) is 0 Å². The minimum atomic E-state index is 0.568. The minimum absolute atomic E-state index is 0.568. The molecule has 1 aromatic rings. The number of nitrogens with two attached hydrogens (primary N) is 1. The van der Waals surface area contributed by atoms with Gasteiger partial charge in [-0.3, -0.25) is 0 Å². The van der Waals surface area contributed by atoms with Gasteiger partial charge in [-0.25, -0.2) is 4.98 Å². The first kappa shape index (κ1) is 8.07. The molecule has 1 heterocycles. The van der Waals surface area contributed by atoms with E-state index >= 15 is 0 Å². The first-order valence-corrected chi connectivity index (χ1v) is 3.72. The lowest BCUT2D eigenvalue weighted by Gasteiger charge is -2.02. The van der Waals surface area contributed by atoms with Crippen molar-refractivity contribution >= 4 is 5.95 Å². The molecule has 1 rings (SSSR count). The van der Waals surface area contributed by atoms with Crippen LogP contribution in [0, 0.1) is 0 Å². The van der Waals surface area contributed by atoms with Crippen LogP contribution >= 0.6 is 0 Å². The zero-order valence-electron chi connectivity index (χ0n) is 6.96. The highest BCUT2D eigenvalue weighted by molar-refractivity contribution is 5.21. The van der Waals surface area contributed by atoms with Gasteiger partial charge in [-0.2, -0.15) is 0 Å². The van der Waals surface area contributed by atoms with Crippen LogP contribution in [-0.4, -0.2) is 16.1 Å². The molecule has 62 valence electrons. The summed E-state index contributed by atoms with van der Waals surface area (Å²) < 4.78 is 1.88. The summed E-state index contributed by atoms with van der Waals surface area (Å²) >= 11 is 0. The monoisotopic (exact) mass is 154 g/mol. The quantitative estimate of drug-likeness (QED) is 0.649. The third-order valence-electron chi connectivity index (χ3n) is 1.68. The molecule has 0 aliphatic rings. The fourth-order valence-corrected chi connectivity index (χ4v) is 0.878. The molecular weight excluding hydrogens is 140 g/mol. The van der Waals surface area contributed by atoms with E-state index in [4.69, 9.17) is 5.73 Å². The SMILES string of the molecule is CCNCc1cnc(N)n1C. The summed E-state index contributed by atoms with van der Waals surface area (Å²) in [5.74, 6) is 0.568. The maximum absolute atomic E-state index is 5.54. The van der Waals surface area contributed by atoms with E-state index in [2.05, 4.69) is 17.2 Å². The van der Waals surface area contributed by atoms with Crippen molar-refractivity contribution in [1.29, 1.82) is 0 Å². The van der Waals surface area contributed by atoms with Crippen molar-refractivity contribution in [3.05, 3.63) is 11.9 Å². The van der Waals surface area contributed by atoms with Gasteiger partial charge in [0.05, 0.1) is 11.9 Å². The molecule has 0 saturated carbocycles. The number of aromatic nitrogens is 2. The average molecular weight is 154 g/mol. The van der Waals surface area contributed by atoms with Crippen LogP contribution < -0.4 is 11.1 Å². The molecule has 4 nitrogen and oxygen atoms in total. The maximum Gasteiger partial charge on any atom is 0.200 e. The molecule has 0 amide bonds. The van der Waals surface area contributed by atoms with Gasteiger partial charge >= 0.3 is 0 Å². The molecule has 1 aromatic heterocycles. The van der Waals surface area contributed by atoms with Crippen LogP contribution in [0.1, 0.15) is 12.6 Å². The van der Waals surface area contributed by atoms with E-state index in [0.717, 1.165) is 18.8 Å². The molecule has 0 fully saturated rings. The Morgan fingerprint density at radius 2 is 2.45 bits per heavy atom. The molecule has 0 aliphatic carbocycles. The Kier molecular flexibility index (Phi) is 2.48. The number of nitrogen functional groups attached to an aromatic ring is 1. The first-order chi connectivity index (χ1) is 5.25. The van der Waals surface area contributed by atoms with Gasteiger partial charge in [-0.05, 0) is 6.54 Å². The Balaban J connectivity index is 2.63. The molecule has 0 saturated heterocycles. The molecule has 0 unspecified atom stereocenters. The van der Waals surface area contributed by atoms with Gasteiger partial charge in [0.1, 0.15) is 0 Å². The number of imidazole rings is 1. The van der Waals surface area contributed by atoms with E-state index in [1.54, 1.807) is 6.20 Å². The van der Waals surface area contributed by atoms with E-state index in [-0.39, 0.29) is 0 Å². The Bertz CT molecular complexity index is 228. The largest absolute Gasteiger partial charge is 0.369 e. The maximum atomic E-state index is 5.54. The van der Waals surface area contributed by atoms with Gasteiger partial charge in [0.25, 0.3) is 0 Å². The number of hydrogen-bond acceptors (Lipinski definition) is 3. The fourth-order valence-electron chi connectivity index (χ4n) is 0.878. The van der Waals surface area contributed by atoms with Crippen molar-refractivity contribution in [2.45, 2.75) is 13.5 Å². The predicted octanol–water partition coefficient (Wildman–Crippen LogP) is 0.112. The number of anilines is 1. The third-order valence-corrected chi connectivity index (χ3v) is 1.68. The van der Waals surface area contributed by atoms with Gasteiger partial charge in [0.15, 0.2) is 5.95 Å². The molecule has 0 aliphatic heterocycles. The molecule has 3 N–H and O–H groups in total. The topological polar surface area (TPSA) is 55.9 Å². The Hall–Kier alpha value is -1.03. The standard InChI is InChI=1S/C7H14N4/c1-3-9-4-6-5-10-7(8)11(6)2/h5,9H,3-4H2,1-2H3,(H2,8,10). The number of rotatable bonds is 3. The molecule has 0 radical (unpaired) electrons. The summed E-state index contributed by atoms with van der Waals surface area (Å²) in [4.78, 5) is 3.97. The average Bonchev–Trinajstić information content (AvgIpc) is 2.31. The second-order valence-electron chi connectivity index (χ2n) is 2.45. The molecule has 0 atom stereocenters. The Morgan fingerprint density at radius 3 is 2.91 bits per heavy atom. The fraction of sp³-hybridized carbons (Fsp3) is 0.571. The summed E-state index contributed by atoms with van der Waals surface area (Å²) in [5, 5.41) is 3.20. The van der Waals surface area contributed by atoms with Gasteiger partial charge in [-0.1, -0.05) is 6.92 Å². The van der Waals surface area contributed by atoms with Crippen LogP contribution in [0.25, 0.3) is 0 Å². The molecular formula is C7H14N4. The molecule has 0 bridgehead atoms. The zero-order valence-corrected chi connectivity index (χ0v) is 6.96. The second-order valence-corrected chi connectivity index (χ2v) is 2.45. The van der Waals surface area contributed by atoms with Crippen LogP contribution in [0.2, 0.25) is 0 Å². The van der Waals surface area contributed by atoms with E-state index in [0.29, 0.717) is 5.95 Å². The number of nitrogens with one attached hydrogen (secondary N) is 1. The Labute approximate surface area is 66.4 Å². The number of nitrogens with zero attached hydrogens (tertiary/aromatic N) is 2. The summed E-state index contributed by atoms with van der Waals surface area (Å²) in [6.45, 7) is 3.86. The summed E-state index contributed by atoms with van der Waals surface area (Å²) in [6, 6.07) is 0. The lowest BCUT2D eigenvalue weighted by molar-refractivity contribution is 0.682. The molecule has 11 heavy (non-hydrogen) atoms. The lowest BCUT2D eigenvalue weighted by Crippen LogP contribution is -2.14. The molecule has 0 spiro atoms. The van der Waals surface area contributed by atoms with Crippen molar-refractivity contribution in [2.75, 3.05) is 12.3 Å². The highest BCUT2D eigenvalue weighted by atomic mass is 15.1. The predicted molar refractivity (Wildman–Crippen MR) is 45.0 cm³/mol. The third kappa shape index (κ3) is 1.71. The van der Waals surface area contributed by atoms with E-state index < -0.39 is 0 Å². The van der Waals surface area contributed by atoms with Crippen LogP contribution in [0.3, 0.4) is 0 Å². The van der Waals surface area contributed by atoms with Crippen molar-refractivity contribution in [3.8, 4) is 0 Å². The summed E-state index contributed by atoms with van der Waals surface area (Å²) in [5.41, 5.74) is 6.65. The Morgan fingerprint density at radius 1 is 1.73 bits per heavy atom.